The van der Waals surface area contributed by atoms with Crippen molar-refractivity contribution >= 4 is 35.6 Å². The molecule has 3 N–H and O–H groups in total. The number of hydrogen-bond acceptors (Lipinski definition) is 7. The molecule has 1 aliphatic heterocycles. The molecule has 1 unspecified atom stereocenters. The second-order valence-corrected chi connectivity index (χ2v) is 6.05. The highest BCUT2D eigenvalue weighted by Gasteiger charge is 2.29. The van der Waals surface area contributed by atoms with E-state index in [-0.39, 0.29) is 17.9 Å². The maximum atomic E-state index is 12.3. The summed E-state index contributed by atoms with van der Waals surface area (Å²) in [7, 11) is 1.26. The normalized spacial score (nSPS) is 15.6. The number of anilines is 1. The monoisotopic (exact) mass is 393 g/mol. The lowest BCUT2D eigenvalue weighted by molar-refractivity contribution is -0.123. The predicted octanol–water partition coefficient (Wildman–Crippen LogP) is 1.28. The fourth-order valence-corrected chi connectivity index (χ4v) is 2.61. The number of hydrogen-bond donors (Lipinski definition) is 3. The number of rotatable bonds is 6. The van der Waals surface area contributed by atoms with E-state index in [1.165, 1.54) is 13.2 Å². The summed E-state index contributed by atoms with van der Waals surface area (Å²) in [5.41, 5.74) is 4.05. The molecular formula is C20H19N5O4. The van der Waals surface area contributed by atoms with Gasteiger partial charge in [0.2, 0.25) is 11.9 Å². The first-order valence-electron chi connectivity index (χ1n) is 8.77. The molecule has 0 fully saturated rings. The molecule has 1 atom stereocenters. The minimum Gasteiger partial charge on any atom is -0.465 e. The average Bonchev–Trinajstić information content (AvgIpc) is 3.07. The lowest BCUT2D eigenvalue weighted by Gasteiger charge is -2.10. The van der Waals surface area contributed by atoms with Crippen molar-refractivity contribution in [1.29, 1.82) is 0 Å². The zero-order valence-electron chi connectivity index (χ0n) is 15.6. The van der Waals surface area contributed by atoms with Crippen LogP contribution in [-0.4, -0.2) is 43.1 Å². The Hall–Kier alpha value is -4.01. The highest BCUT2D eigenvalue weighted by atomic mass is 16.5. The van der Waals surface area contributed by atoms with E-state index < -0.39 is 23.8 Å². The fourth-order valence-electron chi connectivity index (χ4n) is 2.61. The summed E-state index contributed by atoms with van der Waals surface area (Å²) in [4.78, 5) is 40.3. The van der Waals surface area contributed by atoms with Gasteiger partial charge in [-0.25, -0.2) is 15.2 Å². The van der Waals surface area contributed by atoms with Crippen molar-refractivity contribution in [2.24, 2.45) is 10.1 Å². The first kappa shape index (κ1) is 19.7. The van der Waals surface area contributed by atoms with E-state index >= 15 is 0 Å². The lowest BCUT2D eigenvalue weighted by Crippen LogP contribution is -2.35. The van der Waals surface area contributed by atoms with E-state index in [1.54, 1.807) is 24.4 Å². The third-order valence-electron chi connectivity index (χ3n) is 4.00. The first-order chi connectivity index (χ1) is 14.1. The quantitative estimate of drug-likeness (QED) is 0.388. The van der Waals surface area contributed by atoms with Crippen molar-refractivity contribution < 1.29 is 19.1 Å². The first-order valence-corrected chi connectivity index (χ1v) is 8.77. The van der Waals surface area contributed by atoms with E-state index in [4.69, 9.17) is 4.74 Å². The Morgan fingerprint density at radius 3 is 2.66 bits per heavy atom. The molecule has 0 aliphatic carbocycles. The van der Waals surface area contributed by atoms with E-state index in [1.807, 2.05) is 30.3 Å². The molecule has 3 rings (SSSR count). The summed E-state index contributed by atoms with van der Waals surface area (Å²) in [5.74, 6) is -1.28. The van der Waals surface area contributed by atoms with E-state index in [9.17, 15) is 14.4 Å². The van der Waals surface area contributed by atoms with Gasteiger partial charge in [-0.2, -0.15) is 5.10 Å². The summed E-state index contributed by atoms with van der Waals surface area (Å²) in [6.07, 6.45) is 1.40. The van der Waals surface area contributed by atoms with Crippen molar-refractivity contribution in [3.8, 4) is 0 Å². The summed E-state index contributed by atoms with van der Waals surface area (Å²) >= 11 is 0. The average molecular weight is 393 g/mol. The lowest BCUT2D eigenvalue weighted by atomic mass is 10.1. The predicted molar refractivity (Wildman–Crippen MR) is 108 cm³/mol. The van der Waals surface area contributed by atoms with Gasteiger partial charge >= 0.3 is 5.97 Å². The molecule has 0 radical (unpaired) electrons. The van der Waals surface area contributed by atoms with Gasteiger partial charge in [0.05, 0.1) is 31.0 Å². The standard InChI is InChI=1S/C20H19N5O4/c1-29-19(28)14-9-5-6-10-15(14)22-17(26)11-16-18(27)24-20(23-16)25-21-12-13-7-3-2-4-8-13/h2-10,12,16H,11H2,1H3,(H,22,26)(H2,23,24,25,27)/b21-12+. The Morgan fingerprint density at radius 1 is 1.17 bits per heavy atom. The summed E-state index contributed by atoms with van der Waals surface area (Å²) in [6.45, 7) is 0. The van der Waals surface area contributed by atoms with Crippen LogP contribution in [0.4, 0.5) is 5.69 Å². The molecule has 0 bridgehead atoms. The number of methoxy groups -OCH3 is 1. The van der Waals surface area contributed by atoms with Gasteiger partial charge in [0.1, 0.15) is 6.04 Å². The van der Waals surface area contributed by atoms with Crippen LogP contribution in [0.1, 0.15) is 22.3 Å². The maximum Gasteiger partial charge on any atom is 0.339 e. The number of nitrogens with one attached hydrogen (secondary N) is 3. The summed E-state index contributed by atoms with van der Waals surface area (Å²) in [5, 5.41) is 9.15. The molecule has 9 nitrogen and oxygen atoms in total. The number of amides is 2. The molecule has 29 heavy (non-hydrogen) atoms. The van der Waals surface area contributed by atoms with Gasteiger partial charge in [0.25, 0.3) is 5.91 Å². The minimum absolute atomic E-state index is 0.162. The molecule has 0 saturated heterocycles. The highest BCUT2D eigenvalue weighted by molar-refractivity contribution is 6.08. The largest absolute Gasteiger partial charge is 0.465 e. The Morgan fingerprint density at radius 2 is 1.90 bits per heavy atom. The van der Waals surface area contributed by atoms with Crippen molar-refractivity contribution in [3.63, 3.8) is 0 Å². The maximum absolute atomic E-state index is 12.3. The number of benzene rings is 2. The molecule has 2 aromatic carbocycles. The van der Waals surface area contributed by atoms with Crippen LogP contribution in [0.5, 0.6) is 0 Å². The zero-order chi connectivity index (χ0) is 20.6. The smallest absolute Gasteiger partial charge is 0.339 e. The summed E-state index contributed by atoms with van der Waals surface area (Å²) in [6, 6.07) is 15.0. The van der Waals surface area contributed by atoms with Crippen molar-refractivity contribution in [2.75, 3.05) is 12.4 Å². The molecule has 0 spiro atoms. The number of nitrogens with zero attached hydrogens (tertiary/aromatic N) is 2. The van der Waals surface area contributed by atoms with Crippen LogP contribution in [0, 0.1) is 0 Å². The van der Waals surface area contributed by atoms with E-state index in [0.29, 0.717) is 5.69 Å². The Kier molecular flexibility index (Phi) is 6.31. The SMILES string of the molecule is COC(=O)c1ccccc1NC(=O)CC1N=C(N/N=C/c2ccccc2)NC1=O. The highest BCUT2D eigenvalue weighted by Crippen LogP contribution is 2.17. The number of esters is 1. The van der Waals surface area contributed by atoms with Crippen molar-refractivity contribution in [2.45, 2.75) is 12.5 Å². The van der Waals surface area contributed by atoms with Crippen molar-refractivity contribution in [3.05, 3.63) is 65.7 Å². The minimum atomic E-state index is -0.894. The van der Waals surface area contributed by atoms with E-state index in [0.717, 1.165) is 5.56 Å². The van der Waals surface area contributed by atoms with Gasteiger partial charge in [-0.05, 0) is 17.7 Å². The number of carbonyl (C=O) groups excluding carboxylic acids is 3. The molecule has 1 aliphatic rings. The Labute approximate surface area is 166 Å². The van der Waals surface area contributed by atoms with Crippen LogP contribution in [-0.2, 0) is 14.3 Å². The molecular weight excluding hydrogens is 374 g/mol. The van der Waals surface area contributed by atoms with Crippen LogP contribution in [0.15, 0.2) is 64.7 Å². The number of guanidine groups is 1. The number of aliphatic imine (C=N–C) groups is 1. The molecule has 148 valence electrons. The van der Waals surface area contributed by atoms with Crippen molar-refractivity contribution in [1.82, 2.24) is 10.7 Å². The number of para-hydroxylation sites is 1. The number of ether oxygens (including phenoxy) is 1. The van der Waals surface area contributed by atoms with Crippen LogP contribution in [0.3, 0.4) is 0 Å². The second-order valence-electron chi connectivity index (χ2n) is 6.05. The van der Waals surface area contributed by atoms with E-state index in [2.05, 4.69) is 26.2 Å². The molecule has 9 heteroatoms. The van der Waals surface area contributed by atoms with Gasteiger partial charge in [-0.15, -0.1) is 0 Å². The van der Waals surface area contributed by atoms with Gasteiger partial charge in [-0.3, -0.25) is 14.9 Å². The summed E-state index contributed by atoms with van der Waals surface area (Å²) < 4.78 is 4.69. The molecule has 2 aromatic rings. The third kappa shape index (κ3) is 5.25. The van der Waals surface area contributed by atoms with Crippen LogP contribution >= 0.6 is 0 Å². The van der Waals surface area contributed by atoms with Crippen LogP contribution in [0.2, 0.25) is 0 Å². The Bertz CT molecular complexity index is 972. The fraction of sp³-hybridized carbons (Fsp3) is 0.150. The van der Waals surface area contributed by atoms with Gasteiger partial charge in [-0.1, -0.05) is 42.5 Å². The second kappa shape index (κ2) is 9.27. The van der Waals surface area contributed by atoms with Gasteiger partial charge in [0.15, 0.2) is 0 Å². The van der Waals surface area contributed by atoms with Crippen LogP contribution < -0.4 is 16.1 Å². The van der Waals surface area contributed by atoms with Gasteiger partial charge in [0, 0.05) is 0 Å². The topological polar surface area (TPSA) is 121 Å². The molecule has 0 saturated carbocycles. The third-order valence-corrected chi connectivity index (χ3v) is 4.00. The molecule has 2 amide bonds. The van der Waals surface area contributed by atoms with Crippen LogP contribution in [0.25, 0.3) is 0 Å². The zero-order valence-corrected chi connectivity index (χ0v) is 15.6. The Balaban J connectivity index is 1.58. The van der Waals surface area contributed by atoms with Gasteiger partial charge < -0.3 is 10.1 Å². The number of carbonyl (C=O) groups is 3. The molecule has 1 heterocycles. The molecule has 0 aromatic heterocycles. The number of hydrazone groups is 1.